The quantitative estimate of drug-likeness (QED) is 0.125. The molecule has 0 radical (unpaired) electrons. The highest BCUT2D eigenvalue weighted by Gasteiger charge is 2.50. The standard InChI is InChI=1S/C30H28Cl3NO8S/c1-18-12-14-21(15-13-18)40-24-22(16-38-26(35)19-8-4-2-5-9-19)41-28(43)23(34-29(37)39-17-30(31,32)33)25(24)42-27(36)20-10-6-3-7-11-20/h2-15,22-25,28,43H,16-17H2,1H3,(H,34,37)/t22-,23+,24-,25-,28+/m1/s1. The van der Waals surface area contributed by atoms with Crippen LogP contribution in [0.5, 0.6) is 5.75 Å². The Bertz CT molecular complexity index is 1380. The van der Waals surface area contributed by atoms with Crippen LogP contribution in [-0.4, -0.2) is 64.8 Å². The van der Waals surface area contributed by atoms with Gasteiger partial charge in [0.2, 0.25) is 3.79 Å². The van der Waals surface area contributed by atoms with Gasteiger partial charge in [-0.1, -0.05) is 88.9 Å². The number of halogens is 3. The van der Waals surface area contributed by atoms with Gasteiger partial charge in [-0.25, -0.2) is 14.4 Å². The number of alkyl halides is 3. The second kappa shape index (κ2) is 15.0. The van der Waals surface area contributed by atoms with Crippen LogP contribution in [0.2, 0.25) is 0 Å². The van der Waals surface area contributed by atoms with E-state index in [0.717, 1.165) is 5.56 Å². The van der Waals surface area contributed by atoms with Gasteiger partial charge in [0.25, 0.3) is 0 Å². The van der Waals surface area contributed by atoms with Gasteiger partial charge in [-0.2, -0.15) is 0 Å². The number of rotatable bonds is 9. The van der Waals surface area contributed by atoms with E-state index in [1.54, 1.807) is 72.8 Å². The largest absolute Gasteiger partial charge is 0.484 e. The van der Waals surface area contributed by atoms with Crippen molar-refractivity contribution in [2.45, 2.75) is 40.5 Å². The summed E-state index contributed by atoms with van der Waals surface area (Å²) in [5.74, 6) is -0.885. The number of ether oxygens (including phenoxy) is 5. The lowest BCUT2D eigenvalue weighted by Gasteiger charge is -2.44. The number of aryl methyl sites for hydroxylation is 1. The van der Waals surface area contributed by atoms with Crippen LogP contribution in [-0.2, 0) is 18.9 Å². The van der Waals surface area contributed by atoms with E-state index in [1.165, 1.54) is 0 Å². The fourth-order valence-electron chi connectivity index (χ4n) is 4.17. The van der Waals surface area contributed by atoms with Crippen molar-refractivity contribution in [1.29, 1.82) is 0 Å². The van der Waals surface area contributed by atoms with Crippen LogP contribution < -0.4 is 10.1 Å². The van der Waals surface area contributed by atoms with Crippen molar-refractivity contribution in [2.75, 3.05) is 13.2 Å². The zero-order valence-corrected chi connectivity index (χ0v) is 25.9. The predicted molar refractivity (Wildman–Crippen MR) is 164 cm³/mol. The lowest BCUT2D eigenvalue weighted by atomic mass is 9.97. The first-order valence-corrected chi connectivity index (χ1v) is 14.7. The van der Waals surface area contributed by atoms with Crippen LogP contribution in [0, 0.1) is 6.92 Å². The maximum Gasteiger partial charge on any atom is 0.407 e. The second-order valence-corrected chi connectivity index (χ2v) is 12.5. The first-order chi connectivity index (χ1) is 20.5. The number of benzene rings is 3. The summed E-state index contributed by atoms with van der Waals surface area (Å²) in [6.45, 7) is 1.08. The van der Waals surface area contributed by atoms with E-state index in [2.05, 4.69) is 17.9 Å². The number of hydrogen-bond acceptors (Lipinski definition) is 9. The molecule has 1 aliphatic rings. The highest BCUT2D eigenvalue weighted by atomic mass is 35.6. The maximum absolute atomic E-state index is 13.3. The molecule has 0 spiro atoms. The van der Waals surface area contributed by atoms with Crippen molar-refractivity contribution >= 4 is 65.5 Å². The van der Waals surface area contributed by atoms with Gasteiger partial charge in [-0.05, 0) is 43.3 Å². The summed E-state index contributed by atoms with van der Waals surface area (Å²) in [5, 5.41) is 2.58. The molecule has 13 heteroatoms. The molecule has 1 fully saturated rings. The lowest BCUT2D eigenvalue weighted by molar-refractivity contribution is -0.163. The number of nitrogens with one attached hydrogen (secondary N) is 1. The molecule has 4 rings (SSSR count). The van der Waals surface area contributed by atoms with Crippen molar-refractivity contribution < 1.29 is 38.1 Å². The molecule has 1 N–H and O–H groups in total. The molecule has 9 nitrogen and oxygen atoms in total. The average molecular weight is 669 g/mol. The van der Waals surface area contributed by atoms with Crippen molar-refractivity contribution in [3.63, 3.8) is 0 Å². The van der Waals surface area contributed by atoms with Crippen molar-refractivity contribution in [2.24, 2.45) is 0 Å². The summed E-state index contributed by atoms with van der Waals surface area (Å²) >= 11 is 21.7. The third-order valence-corrected chi connectivity index (χ3v) is 7.02. The molecule has 0 aliphatic carbocycles. The minimum Gasteiger partial charge on any atom is -0.484 e. The SMILES string of the molecule is Cc1ccc(O[C@H]2[C@H](OC(=O)c3ccccc3)[C@H](NC(=O)OCC(Cl)(Cl)Cl)[C@H](S)O[C@@H]2COC(=O)c2ccccc2)cc1. The van der Waals surface area contributed by atoms with Crippen LogP contribution >= 0.6 is 47.4 Å². The van der Waals surface area contributed by atoms with E-state index in [9.17, 15) is 14.4 Å². The van der Waals surface area contributed by atoms with Crippen LogP contribution in [0.4, 0.5) is 4.79 Å². The Hall–Kier alpha value is -3.15. The third kappa shape index (κ3) is 9.67. The van der Waals surface area contributed by atoms with Gasteiger partial charge in [0, 0.05) is 0 Å². The molecule has 0 unspecified atom stereocenters. The zero-order chi connectivity index (χ0) is 31.0. The number of alkyl carbamates (subject to hydrolysis) is 1. The number of hydrogen-bond donors (Lipinski definition) is 2. The molecule has 43 heavy (non-hydrogen) atoms. The second-order valence-electron chi connectivity index (χ2n) is 9.52. The van der Waals surface area contributed by atoms with Crippen LogP contribution in [0.25, 0.3) is 0 Å². The van der Waals surface area contributed by atoms with Crippen LogP contribution in [0.1, 0.15) is 26.3 Å². The smallest absolute Gasteiger partial charge is 0.407 e. The summed E-state index contributed by atoms with van der Waals surface area (Å²) in [7, 11) is 0. The normalized spacial score (nSPS) is 21.7. The van der Waals surface area contributed by atoms with E-state index in [1.807, 2.05) is 19.1 Å². The fraction of sp³-hybridized carbons (Fsp3) is 0.300. The van der Waals surface area contributed by atoms with E-state index < -0.39 is 58.2 Å². The van der Waals surface area contributed by atoms with E-state index in [0.29, 0.717) is 11.3 Å². The van der Waals surface area contributed by atoms with Crippen LogP contribution in [0.15, 0.2) is 84.9 Å². The number of carbonyl (C=O) groups excluding carboxylic acids is 3. The molecule has 1 aliphatic heterocycles. The van der Waals surface area contributed by atoms with Gasteiger partial charge in [-0.15, -0.1) is 12.6 Å². The van der Waals surface area contributed by atoms with Crippen molar-refractivity contribution in [3.8, 4) is 5.75 Å². The maximum atomic E-state index is 13.3. The Balaban J connectivity index is 1.65. The van der Waals surface area contributed by atoms with E-state index >= 15 is 0 Å². The molecule has 1 saturated heterocycles. The summed E-state index contributed by atoms with van der Waals surface area (Å²) < 4.78 is 27.1. The van der Waals surface area contributed by atoms with Gasteiger partial charge in [-0.3, -0.25) is 0 Å². The molecular formula is C30H28Cl3NO8S. The highest BCUT2D eigenvalue weighted by molar-refractivity contribution is 7.80. The predicted octanol–water partition coefficient (Wildman–Crippen LogP) is 5.94. The van der Waals surface area contributed by atoms with E-state index in [4.69, 9.17) is 58.5 Å². The Labute approximate surface area is 269 Å². The third-order valence-electron chi connectivity index (χ3n) is 6.25. The first kappa shape index (κ1) is 32.8. The Morgan fingerprint density at radius 3 is 2.00 bits per heavy atom. The molecule has 1 heterocycles. The number of esters is 2. The topological polar surface area (TPSA) is 109 Å². The average Bonchev–Trinajstić information content (AvgIpc) is 2.99. The van der Waals surface area contributed by atoms with E-state index in [-0.39, 0.29) is 12.2 Å². The Kier molecular flexibility index (Phi) is 11.5. The number of amides is 1. The Morgan fingerprint density at radius 2 is 1.42 bits per heavy atom. The molecule has 0 bridgehead atoms. The van der Waals surface area contributed by atoms with Gasteiger partial charge >= 0.3 is 18.0 Å². The van der Waals surface area contributed by atoms with Gasteiger partial charge in [0.1, 0.15) is 36.5 Å². The molecular weight excluding hydrogens is 641 g/mol. The minimum absolute atomic E-state index is 0.253. The fourth-order valence-corrected chi connectivity index (χ4v) is 4.73. The highest BCUT2D eigenvalue weighted by Crippen LogP contribution is 2.31. The molecule has 5 atom stereocenters. The van der Waals surface area contributed by atoms with Gasteiger partial charge < -0.3 is 29.0 Å². The summed E-state index contributed by atoms with van der Waals surface area (Å²) in [6.07, 6.45) is -4.28. The molecule has 0 aromatic heterocycles. The zero-order valence-electron chi connectivity index (χ0n) is 22.7. The van der Waals surface area contributed by atoms with Gasteiger partial charge in [0.15, 0.2) is 12.2 Å². The monoisotopic (exact) mass is 667 g/mol. The molecule has 3 aromatic rings. The van der Waals surface area contributed by atoms with Crippen LogP contribution in [0.3, 0.4) is 0 Å². The first-order valence-electron chi connectivity index (χ1n) is 13.1. The summed E-state index contributed by atoms with van der Waals surface area (Å²) in [4.78, 5) is 38.7. The molecule has 1 amide bonds. The summed E-state index contributed by atoms with van der Waals surface area (Å²) in [5.41, 5.74) is 0.495. The number of carbonyl (C=O) groups is 3. The molecule has 3 aromatic carbocycles. The van der Waals surface area contributed by atoms with Crippen molar-refractivity contribution in [3.05, 3.63) is 102 Å². The molecule has 0 saturated carbocycles. The Morgan fingerprint density at radius 1 is 0.837 bits per heavy atom. The minimum atomic E-state index is -1.86. The van der Waals surface area contributed by atoms with Crippen molar-refractivity contribution in [1.82, 2.24) is 5.32 Å². The molecule has 228 valence electrons. The summed E-state index contributed by atoms with van der Waals surface area (Å²) in [6, 6.07) is 22.7. The number of thiol groups is 1. The lowest BCUT2D eigenvalue weighted by Crippen LogP contribution is -2.65. The van der Waals surface area contributed by atoms with Gasteiger partial charge in [0.05, 0.1) is 11.1 Å².